The van der Waals surface area contributed by atoms with Crippen molar-refractivity contribution in [2.75, 3.05) is 32.7 Å². The number of hydrogen-bond acceptors (Lipinski definition) is 4. The fourth-order valence-electron chi connectivity index (χ4n) is 2.87. The Morgan fingerprint density at radius 3 is 2.73 bits per heavy atom. The van der Waals surface area contributed by atoms with Crippen LogP contribution in [0.4, 0.5) is 4.79 Å². The molecule has 4 amide bonds. The number of rotatable bonds is 7. The topological polar surface area (TPSA) is 81.8 Å². The van der Waals surface area contributed by atoms with Crippen molar-refractivity contribution in [3.63, 3.8) is 0 Å². The molecular formula is C14H25ClN4O3. The zero-order valence-corrected chi connectivity index (χ0v) is 13.8. The number of halogens is 1. The zero-order chi connectivity index (χ0) is 15.2. The van der Waals surface area contributed by atoms with E-state index >= 15 is 0 Å². The Hall–Kier alpha value is -1.34. The molecule has 126 valence electrons. The van der Waals surface area contributed by atoms with Gasteiger partial charge in [0.1, 0.15) is 0 Å². The molecule has 2 aliphatic rings. The van der Waals surface area contributed by atoms with Gasteiger partial charge in [0.15, 0.2) is 0 Å². The predicted octanol–water partition coefficient (Wildman–Crippen LogP) is 0.341. The summed E-state index contributed by atoms with van der Waals surface area (Å²) in [5.74, 6) is -0.0875. The van der Waals surface area contributed by atoms with Gasteiger partial charge in [0.2, 0.25) is 11.8 Å². The normalized spacial score (nSPS) is 20.8. The van der Waals surface area contributed by atoms with E-state index in [2.05, 4.69) is 17.6 Å². The van der Waals surface area contributed by atoms with Crippen molar-refractivity contribution < 1.29 is 14.4 Å². The molecule has 0 aromatic rings. The fraction of sp³-hybridized carbons (Fsp3) is 0.786. The second-order valence-corrected chi connectivity index (χ2v) is 5.54. The van der Waals surface area contributed by atoms with Crippen molar-refractivity contribution in [3.05, 3.63) is 0 Å². The van der Waals surface area contributed by atoms with E-state index in [9.17, 15) is 14.4 Å². The number of nitrogens with zero attached hydrogens (tertiary/aromatic N) is 2. The molecule has 2 heterocycles. The third-order valence-corrected chi connectivity index (χ3v) is 3.97. The van der Waals surface area contributed by atoms with Crippen molar-refractivity contribution in [1.29, 1.82) is 0 Å². The van der Waals surface area contributed by atoms with Crippen LogP contribution in [0.2, 0.25) is 0 Å². The van der Waals surface area contributed by atoms with Crippen LogP contribution in [0.15, 0.2) is 0 Å². The average Bonchev–Trinajstić information content (AvgIpc) is 3.09. The molecule has 8 heteroatoms. The van der Waals surface area contributed by atoms with Gasteiger partial charge in [0.25, 0.3) is 0 Å². The third kappa shape index (κ3) is 4.58. The second kappa shape index (κ2) is 8.95. The molecule has 2 fully saturated rings. The summed E-state index contributed by atoms with van der Waals surface area (Å²) in [5, 5.41) is 5.76. The van der Waals surface area contributed by atoms with E-state index in [0.717, 1.165) is 32.5 Å². The number of carbonyl (C=O) groups excluding carboxylic acids is 3. The SMILES string of the molecule is CCCN(C(=O)CCCN1C(=O)CNC1=O)C1CCNC1.Cl. The summed E-state index contributed by atoms with van der Waals surface area (Å²) in [4.78, 5) is 38.3. The first kappa shape index (κ1) is 18.7. The van der Waals surface area contributed by atoms with Crippen LogP contribution in [0.3, 0.4) is 0 Å². The van der Waals surface area contributed by atoms with Gasteiger partial charge >= 0.3 is 6.03 Å². The molecule has 0 radical (unpaired) electrons. The van der Waals surface area contributed by atoms with Crippen LogP contribution >= 0.6 is 12.4 Å². The number of hydrogen-bond donors (Lipinski definition) is 2. The molecule has 1 atom stereocenters. The Bertz CT molecular complexity index is 397. The van der Waals surface area contributed by atoms with E-state index in [0.29, 0.717) is 19.4 Å². The highest BCUT2D eigenvalue weighted by Gasteiger charge is 2.29. The van der Waals surface area contributed by atoms with Crippen molar-refractivity contribution in [3.8, 4) is 0 Å². The van der Waals surface area contributed by atoms with Crippen LogP contribution in [0.25, 0.3) is 0 Å². The lowest BCUT2D eigenvalue weighted by molar-refractivity contribution is -0.134. The lowest BCUT2D eigenvalue weighted by Gasteiger charge is -2.28. The van der Waals surface area contributed by atoms with Crippen LogP contribution in [0.1, 0.15) is 32.6 Å². The number of amides is 4. The Morgan fingerprint density at radius 2 is 2.18 bits per heavy atom. The Morgan fingerprint density at radius 1 is 1.41 bits per heavy atom. The van der Waals surface area contributed by atoms with E-state index in [4.69, 9.17) is 0 Å². The molecule has 0 aliphatic carbocycles. The molecular weight excluding hydrogens is 308 g/mol. The molecule has 2 rings (SSSR count). The van der Waals surface area contributed by atoms with E-state index in [1.807, 2.05) is 4.90 Å². The van der Waals surface area contributed by atoms with Crippen molar-refractivity contribution in [2.45, 2.75) is 38.6 Å². The lowest BCUT2D eigenvalue weighted by Crippen LogP contribution is -2.42. The lowest BCUT2D eigenvalue weighted by atomic mass is 10.1. The number of urea groups is 1. The van der Waals surface area contributed by atoms with E-state index in [1.54, 1.807) is 0 Å². The van der Waals surface area contributed by atoms with Crippen LogP contribution < -0.4 is 10.6 Å². The molecule has 2 saturated heterocycles. The van der Waals surface area contributed by atoms with Crippen LogP contribution in [-0.2, 0) is 9.59 Å². The minimum absolute atomic E-state index is 0. The van der Waals surface area contributed by atoms with Crippen LogP contribution in [0.5, 0.6) is 0 Å². The molecule has 22 heavy (non-hydrogen) atoms. The average molecular weight is 333 g/mol. The first-order valence-corrected chi connectivity index (χ1v) is 7.72. The maximum atomic E-state index is 12.4. The maximum absolute atomic E-state index is 12.4. The highest BCUT2D eigenvalue weighted by molar-refractivity contribution is 6.01. The minimum atomic E-state index is -0.349. The number of imide groups is 1. The van der Waals surface area contributed by atoms with Gasteiger partial charge in [-0.3, -0.25) is 14.5 Å². The summed E-state index contributed by atoms with van der Waals surface area (Å²) in [5.41, 5.74) is 0. The van der Waals surface area contributed by atoms with Crippen molar-refractivity contribution in [2.24, 2.45) is 0 Å². The Kier molecular flexibility index (Phi) is 7.61. The summed E-state index contributed by atoms with van der Waals surface area (Å²) in [6.07, 6.45) is 2.85. The molecule has 0 aromatic carbocycles. The molecule has 0 saturated carbocycles. The highest BCUT2D eigenvalue weighted by Crippen LogP contribution is 2.12. The standard InChI is InChI=1S/C14H24N4O3.ClH/c1-2-7-17(11-5-6-15-9-11)12(19)4-3-8-18-13(20)10-16-14(18)21;/h11,15H,2-10H2,1H3,(H,16,21);1H. The molecule has 0 bridgehead atoms. The van der Waals surface area contributed by atoms with Gasteiger partial charge in [-0.15, -0.1) is 12.4 Å². The molecule has 0 spiro atoms. The van der Waals surface area contributed by atoms with Gasteiger partial charge < -0.3 is 15.5 Å². The molecule has 2 N–H and O–H groups in total. The van der Waals surface area contributed by atoms with Crippen LogP contribution in [0, 0.1) is 0 Å². The van der Waals surface area contributed by atoms with Gasteiger partial charge in [-0.25, -0.2) is 4.79 Å². The van der Waals surface area contributed by atoms with Crippen molar-refractivity contribution in [1.82, 2.24) is 20.4 Å². The molecule has 7 nitrogen and oxygen atoms in total. The van der Waals surface area contributed by atoms with Gasteiger partial charge in [-0.1, -0.05) is 6.92 Å². The Balaban J connectivity index is 0.00000242. The van der Waals surface area contributed by atoms with E-state index in [-0.39, 0.29) is 42.8 Å². The van der Waals surface area contributed by atoms with Gasteiger partial charge in [0, 0.05) is 32.1 Å². The van der Waals surface area contributed by atoms with Crippen LogP contribution in [-0.4, -0.2) is 66.4 Å². The highest BCUT2D eigenvalue weighted by atomic mass is 35.5. The molecule has 2 aliphatic heterocycles. The van der Waals surface area contributed by atoms with Gasteiger partial charge in [-0.05, 0) is 25.8 Å². The first-order valence-electron chi connectivity index (χ1n) is 7.72. The van der Waals surface area contributed by atoms with Gasteiger partial charge in [-0.2, -0.15) is 0 Å². The summed E-state index contributed by atoms with van der Waals surface area (Å²) in [6, 6.07) is -0.0629. The smallest absolute Gasteiger partial charge is 0.324 e. The maximum Gasteiger partial charge on any atom is 0.324 e. The minimum Gasteiger partial charge on any atom is -0.338 e. The largest absolute Gasteiger partial charge is 0.338 e. The summed E-state index contributed by atoms with van der Waals surface area (Å²) < 4.78 is 0. The zero-order valence-electron chi connectivity index (χ0n) is 13.0. The molecule has 0 aromatic heterocycles. The number of nitrogens with one attached hydrogen (secondary N) is 2. The van der Waals surface area contributed by atoms with Gasteiger partial charge in [0.05, 0.1) is 6.54 Å². The van der Waals surface area contributed by atoms with E-state index in [1.165, 1.54) is 4.90 Å². The van der Waals surface area contributed by atoms with E-state index < -0.39 is 0 Å². The third-order valence-electron chi connectivity index (χ3n) is 3.97. The van der Waals surface area contributed by atoms with Crippen molar-refractivity contribution >= 4 is 30.3 Å². The second-order valence-electron chi connectivity index (χ2n) is 5.54. The summed E-state index contributed by atoms with van der Waals surface area (Å²) in [6.45, 7) is 5.05. The summed E-state index contributed by atoms with van der Waals surface area (Å²) >= 11 is 0. The monoisotopic (exact) mass is 332 g/mol. The number of carbonyl (C=O) groups is 3. The summed E-state index contributed by atoms with van der Waals surface area (Å²) in [7, 11) is 0. The quantitative estimate of drug-likeness (QED) is 0.659. The Labute approximate surface area is 137 Å². The molecule has 1 unspecified atom stereocenters. The fourth-order valence-corrected chi connectivity index (χ4v) is 2.87. The predicted molar refractivity (Wildman–Crippen MR) is 84.9 cm³/mol. The first-order chi connectivity index (χ1) is 10.1.